The van der Waals surface area contributed by atoms with Crippen molar-refractivity contribution in [3.63, 3.8) is 0 Å². The summed E-state index contributed by atoms with van der Waals surface area (Å²) in [6.45, 7) is 0. The molecule has 0 bridgehead atoms. The number of rotatable bonds is 2. The molecular weight excluding hydrogens is 244 g/mol. The Morgan fingerprint density at radius 1 is 1.47 bits per heavy atom. The number of aromatic amines is 1. The van der Waals surface area contributed by atoms with Crippen LogP contribution >= 0.6 is 0 Å². The number of nitrogens with one attached hydrogen (secondary N) is 2. The fraction of sp³-hybridized carbons (Fsp3) is 0.400. The molecule has 0 aromatic carbocycles. The molecule has 92 valence electrons. The zero-order chi connectivity index (χ0) is 12.5. The molecule has 1 aliphatic heterocycles. The van der Waals surface area contributed by atoms with Crippen LogP contribution in [-0.4, -0.2) is 36.9 Å². The number of H-pyrrole nitrogens is 1. The van der Waals surface area contributed by atoms with E-state index in [2.05, 4.69) is 10.3 Å². The minimum atomic E-state index is -3.01. The van der Waals surface area contributed by atoms with Crippen LogP contribution in [0.15, 0.2) is 23.1 Å². The molecule has 2 rings (SSSR count). The van der Waals surface area contributed by atoms with Crippen LogP contribution in [0.2, 0.25) is 0 Å². The van der Waals surface area contributed by atoms with Gasteiger partial charge in [0, 0.05) is 23.9 Å². The quantitative estimate of drug-likeness (QED) is 0.730. The summed E-state index contributed by atoms with van der Waals surface area (Å²) in [4.78, 5) is 25.1. The average molecular weight is 256 g/mol. The Morgan fingerprint density at radius 2 is 2.24 bits per heavy atom. The van der Waals surface area contributed by atoms with E-state index in [0.717, 1.165) is 0 Å². The van der Waals surface area contributed by atoms with Gasteiger partial charge in [0.15, 0.2) is 9.84 Å². The molecule has 0 saturated carbocycles. The van der Waals surface area contributed by atoms with Crippen molar-refractivity contribution in [1.29, 1.82) is 0 Å². The Labute approximate surface area is 98.0 Å². The predicted octanol–water partition coefficient (Wildman–Crippen LogP) is -0.708. The van der Waals surface area contributed by atoms with Crippen molar-refractivity contribution in [3.05, 3.63) is 34.2 Å². The summed E-state index contributed by atoms with van der Waals surface area (Å²) < 4.78 is 22.4. The highest BCUT2D eigenvalue weighted by Gasteiger charge is 2.29. The second kappa shape index (κ2) is 4.33. The first-order valence-corrected chi connectivity index (χ1v) is 6.98. The number of sulfone groups is 1. The number of carbonyl (C=O) groups is 1. The van der Waals surface area contributed by atoms with Gasteiger partial charge in [-0.3, -0.25) is 9.59 Å². The third-order valence-electron chi connectivity index (χ3n) is 2.60. The van der Waals surface area contributed by atoms with Crippen molar-refractivity contribution in [2.75, 3.05) is 11.5 Å². The highest BCUT2D eigenvalue weighted by molar-refractivity contribution is 7.91. The first-order valence-electron chi connectivity index (χ1n) is 5.16. The molecule has 17 heavy (non-hydrogen) atoms. The molecule has 0 spiro atoms. The molecule has 1 amide bonds. The van der Waals surface area contributed by atoms with Crippen LogP contribution in [0.4, 0.5) is 0 Å². The summed E-state index contributed by atoms with van der Waals surface area (Å²) in [6, 6.07) is 2.30. The monoisotopic (exact) mass is 256 g/mol. The van der Waals surface area contributed by atoms with Gasteiger partial charge >= 0.3 is 0 Å². The van der Waals surface area contributed by atoms with Crippen molar-refractivity contribution in [3.8, 4) is 0 Å². The normalized spacial score (nSPS) is 22.2. The van der Waals surface area contributed by atoms with Gasteiger partial charge in [-0.1, -0.05) is 0 Å². The van der Waals surface area contributed by atoms with Gasteiger partial charge in [-0.15, -0.1) is 0 Å². The van der Waals surface area contributed by atoms with Gasteiger partial charge in [0.25, 0.3) is 5.91 Å². The van der Waals surface area contributed by atoms with E-state index in [-0.39, 0.29) is 28.7 Å². The fourth-order valence-electron chi connectivity index (χ4n) is 1.76. The number of aromatic nitrogens is 1. The molecule has 1 aliphatic rings. The molecule has 1 atom stereocenters. The largest absolute Gasteiger partial charge is 0.348 e. The van der Waals surface area contributed by atoms with E-state index in [0.29, 0.717) is 6.42 Å². The zero-order valence-corrected chi connectivity index (χ0v) is 9.79. The van der Waals surface area contributed by atoms with Gasteiger partial charge in [-0.25, -0.2) is 8.42 Å². The third-order valence-corrected chi connectivity index (χ3v) is 4.37. The number of pyridine rings is 1. The molecule has 1 unspecified atom stereocenters. The van der Waals surface area contributed by atoms with Gasteiger partial charge in [-0.2, -0.15) is 0 Å². The number of hydrogen-bond acceptors (Lipinski definition) is 4. The zero-order valence-electron chi connectivity index (χ0n) is 8.97. The van der Waals surface area contributed by atoms with Crippen LogP contribution in [0.25, 0.3) is 0 Å². The average Bonchev–Trinajstić information content (AvgIpc) is 2.58. The summed E-state index contributed by atoms with van der Waals surface area (Å²) >= 11 is 0. The summed E-state index contributed by atoms with van der Waals surface area (Å²) in [6.07, 6.45) is 1.81. The Balaban J connectivity index is 2.06. The molecule has 7 heteroatoms. The minimum absolute atomic E-state index is 0.0259. The van der Waals surface area contributed by atoms with Gasteiger partial charge < -0.3 is 10.3 Å². The van der Waals surface area contributed by atoms with Crippen molar-refractivity contribution in [1.82, 2.24) is 10.3 Å². The second-order valence-corrected chi connectivity index (χ2v) is 6.24. The number of amides is 1. The van der Waals surface area contributed by atoms with Crippen LogP contribution in [-0.2, 0) is 9.84 Å². The Kier molecular flexibility index (Phi) is 3.01. The van der Waals surface area contributed by atoms with Crippen molar-refractivity contribution in [2.24, 2.45) is 0 Å². The Morgan fingerprint density at radius 3 is 2.82 bits per heavy atom. The standard InChI is InChI=1S/C10H12N2O4S/c13-9-5-7(1-3-11-9)10(14)12-8-2-4-17(15,16)6-8/h1,3,5,8H,2,4,6H2,(H,11,13)(H,12,14). The summed E-state index contributed by atoms with van der Waals surface area (Å²) in [5, 5.41) is 2.61. The SMILES string of the molecule is O=C(NC1CCS(=O)(=O)C1)c1cc[nH]c(=O)c1. The lowest BCUT2D eigenvalue weighted by Crippen LogP contribution is -2.36. The molecule has 1 aromatic heterocycles. The molecule has 1 saturated heterocycles. The second-order valence-electron chi connectivity index (χ2n) is 4.02. The molecule has 2 heterocycles. The van der Waals surface area contributed by atoms with Crippen molar-refractivity contribution < 1.29 is 13.2 Å². The third kappa shape index (κ3) is 2.94. The van der Waals surface area contributed by atoms with Crippen molar-refractivity contribution >= 4 is 15.7 Å². The van der Waals surface area contributed by atoms with E-state index >= 15 is 0 Å². The smallest absolute Gasteiger partial charge is 0.251 e. The van der Waals surface area contributed by atoms with Gasteiger partial charge in [0.1, 0.15) is 0 Å². The summed E-state index contributed by atoms with van der Waals surface area (Å²) in [7, 11) is -3.01. The molecule has 1 aromatic rings. The lowest BCUT2D eigenvalue weighted by atomic mass is 10.2. The van der Waals surface area contributed by atoms with E-state index in [1.165, 1.54) is 18.3 Å². The van der Waals surface area contributed by atoms with Gasteiger partial charge in [0.2, 0.25) is 5.56 Å². The summed E-state index contributed by atoms with van der Waals surface area (Å²) in [5.41, 5.74) is -0.130. The van der Waals surface area contributed by atoms with Crippen LogP contribution in [0.3, 0.4) is 0 Å². The number of hydrogen-bond donors (Lipinski definition) is 2. The topological polar surface area (TPSA) is 96.1 Å². The van der Waals surface area contributed by atoms with Crippen LogP contribution in [0, 0.1) is 0 Å². The van der Waals surface area contributed by atoms with Gasteiger partial charge in [-0.05, 0) is 12.5 Å². The van der Waals surface area contributed by atoms with Gasteiger partial charge in [0.05, 0.1) is 11.5 Å². The molecular formula is C10H12N2O4S. The van der Waals surface area contributed by atoms with Crippen LogP contribution < -0.4 is 10.9 Å². The minimum Gasteiger partial charge on any atom is -0.348 e. The van der Waals surface area contributed by atoms with E-state index in [1.807, 2.05) is 0 Å². The molecule has 2 N–H and O–H groups in total. The highest BCUT2D eigenvalue weighted by Crippen LogP contribution is 2.11. The molecule has 0 aliphatic carbocycles. The molecule has 1 fully saturated rings. The maximum absolute atomic E-state index is 11.7. The maximum atomic E-state index is 11.7. The van der Waals surface area contributed by atoms with E-state index in [9.17, 15) is 18.0 Å². The lowest BCUT2D eigenvalue weighted by molar-refractivity contribution is 0.0941. The van der Waals surface area contributed by atoms with Crippen LogP contribution in [0.5, 0.6) is 0 Å². The molecule has 6 nitrogen and oxygen atoms in total. The first-order chi connectivity index (χ1) is 7.96. The van der Waals surface area contributed by atoms with Crippen LogP contribution in [0.1, 0.15) is 16.8 Å². The Hall–Kier alpha value is -1.63. The lowest BCUT2D eigenvalue weighted by Gasteiger charge is -2.10. The predicted molar refractivity (Wildman–Crippen MR) is 61.6 cm³/mol. The fourth-order valence-corrected chi connectivity index (χ4v) is 3.44. The van der Waals surface area contributed by atoms with Crippen molar-refractivity contribution in [2.45, 2.75) is 12.5 Å². The Bertz CT molecular complexity index is 590. The van der Waals surface area contributed by atoms with E-state index in [4.69, 9.17) is 0 Å². The highest BCUT2D eigenvalue weighted by atomic mass is 32.2. The maximum Gasteiger partial charge on any atom is 0.251 e. The van der Waals surface area contributed by atoms with E-state index in [1.54, 1.807) is 0 Å². The van der Waals surface area contributed by atoms with E-state index < -0.39 is 15.7 Å². The number of carbonyl (C=O) groups excluding carboxylic acids is 1. The summed E-state index contributed by atoms with van der Waals surface area (Å²) in [5.74, 6) is -0.340. The molecule has 0 radical (unpaired) electrons. The first kappa shape index (κ1) is 11.8.